The number of amides is 2. The van der Waals surface area contributed by atoms with Crippen LogP contribution in [-0.2, 0) is 23.3 Å². The van der Waals surface area contributed by atoms with Gasteiger partial charge in [-0.15, -0.1) is 0 Å². The van der Waals surface area contributed by atoms with E-state index in [1.807, 2.05) is 12.1 Å². The van der Waals surface area contributed by atoms with Gasteiger partial charge in [-0.1, -0.05) is 44.9 Å². The molecule has 0 saturated carbocycles. The highest BCUT2D eigenvalue weighted by Crippen LogP contribution is 2.32. The number of carboxylic acid groups (broad SMARTS) is 1. The predicted octanol–water partition coefficient (Wildman–Crippen LogP) is 3.16. The SMILES string of the molecule is CC(C)(C)c1cc(CNC(=O)O)c(CNC(=O)C2CCCCN2)cc1Cl. The van der Waals surface area contributed by atoms with Gasteiger partial charge in [0.15, 0.2) is 0 Å². The molecular weight excluding hydrogens is 354 g/mol. The number of halogens is 1. The predicted molar refractivity (Wildman–Crippen MR) is 103 cm³/mol. The summed E-state index contributed by atoms with van der Waals surface area (Å²) in [4.78, 5) is 23.2. The fraction of sp³-hybridized carbons (Fsp3) is 0.579. The molecule has 0 bridgehead atoms. The van der Waals surface area contributed by atoms with Crippen molar-refractivity contribution in [1.82, 2.24) is 16.0 Å². The van der Waals surface area contributed by atoms with Gasteiger partial charge in [0.25, 0.3) is 0 Å². The zero-order chi connectivity index (χ0) is 19.3. The summed E-state index contributed by atoms with van der Waals surface area (Å²) < 4.78 is 0. The Balaban J connectivity index is 2.17. The van der Waals surface area contributed by atoms with E-state index in [-0.39, 0.29) is 23.9 Å². The Morgan fingerprint density at radius 1 is 1.19 bits per heavy atom. The van der Waals surface area contributed by atoms with Crippen LogP contribution in [0.5, 0.6) is 0 Å². The lowest BCUT2D eigenvalue weighted by molar-refractivity contribution is -0.123. The number of piperidine rings is 1. The fourth-order valence-corrected chi connectivity index (χ4v) is 3.58. The van der Waals surface area contributed by atoms with Crippen LogP contribution in [0, 0.1) is 0 Å². The number of benzene rings is 1. The summed E-state index contributed by atoms with van der Waals surface area (Å²) in [6.07, 6.45) is 1.89. The van der Waals surface area contributed by atoms with Gasteiger partial charge < -0.3 is 21.1 Å². The Labute approximate surface area is 159 Å². The average molecular weight is 382 g/mol. The highest BCUT2D eigenvalue weighted by atomic mass is 35.5. The summed E-state index contributed by atoms with van der Waals surface area (Å²) in [5, 5.41) is 18.1. The van der Waals surface area contributed by atoms with E-state index >= 15 is 0 Å². The average Bonchev–Trinajstić information content (AvgIpc) is 2.58. The Hall–Kier alpha value is -1.79. The standard InChI is InChI=1S/C19H28ClN3O3/c1-19(2,3)14-8-12(11-23-18(25)26)13(9-15(14)20)10-22-17(24)16-6-4-5-7-21-16/h8-9,16,21,23H,4-7,10-11H2,1-3H3,(H,22,24)(H,25,26). The van der Waals surface area contributed by atoms with Crippen LogP contribution in [0.15, 0.2) is 12.1 Å². The molecule has 2 rings (SSSR count). The van der Waals surface area contributed by atoms with Crippen LogP contribution >= 0.6 is 11.6 Å². The quantitative estimate of drug-likeness (QED) is 0.630. The zero-order valence-electron chi connectivity index (χ0n) is 15.6. The van der Waals surface area contributed by atoms with Gasteiger partial charge in [-0.2, -0.15) is 0 Å². The van der Waals surface area contributed by atoms with E-state index < -0.39 is 6.09 Å². The van der Waals surface area contributed by atoms with Crippen molar-refractivity contribution < 1.29 is 14.7 Å². The highest BCUT2D eigenvalue weighted by Gasteiger charge is 2.22. The lowest BCUT2D eigenvalue weighted by Gasteiger charge is -2.25. The van der Waals surface area contributed by atoms with E-state index in [4.69, 9.17) is 16.7 Å². The van der Waals surface area contributed by atoms with Crippen molar-refractivity contribution in [3.05, 3.63) is 33.8 Å². The smallest absolute Gasteiger partial charge is 0.404 e. The summed E-state index contributed by atoms with van der Waals surface area (Å²) in [6, 6.07) is 3.60. The molecule has 0 spiro atoms. The highest BCUT2D eigenvalue weighted by molar-refractivity contribution is 6.31. The van der Waals surface area contributed by atoms with E-state index in [2.05, 4.69) is 36.7 Å². The van der Waals surface area contributed by atoms with Crippen LogP contribution in [0.2, 0.25) is 5.02 Å². The molecule has 2 amide bonds. The van der Waals surface area contributed by atoms with Crippen LogP contribution in [0.4, 0.5) is 4.79 Å². The van der Waals surface area contributed by atoms with Gasteiger partial charge >= 0.3 is 6.09 Å². The minimum atomic E-state index is -1.08. The number of hydrogen-bond donors (Lipinski definition) is 4. The second-order valence-corrected chi connectivity index (χ2v) is 8.14. The molecule has 1 unspecified atom stereocenters. The molecule has 1 aliphatic rings. The van der Waals surface area contributed by atoms with Crippen molar-refractivity contribution in [2.45, 2.75) is 64.6 Å². The summed E-state index contributed by atoms with van der Waals surface area (Å²) >= 11 is 6.45. The van der Waals surface area contributed by atoms with Crippen molar-refractivity contribution in [3.8, 4) is 0 Å². The molecule has 1 aromatic carbocycles. The monoisotopic (exact) mass is 381 g/mol. The molecule has 1 atom stereocenters. The number of carbonyl (C=O) groups excluding carboxylic acids is 1. The van der Waals surface area contributed by atoms with Gasteiger partial charge in [-0.3, -0.25) is 4.79 Å². The van der Waals surface area contributed by atoms with Crippen LogP contribution in [0.1, 0.15) is 56.7 Å². The van der Waals surface area contributed by atoms with E-state index in [0.717, 1.165) is 42.5 Å². The van der Waals surface area contributed by atoms with Gasteiger partial charge in [0, 0.05) is 18.1 Å². The molecule has 0 radical (unpaired) electrons. The molecule has 0 aromatic heterocycles. The maximum absolute atomic E-state index is 12.3. The minimum Gasteiger partial charge on any atom is -0.465 e. The second kappa shape index (κ2) is 8.73. The third kappa shape index (κ3) is 5.61. The Morgan fingerprint density at radius 2 is 1.85 bits per heavy atom. The molecule has 0 aliphatic carbocycles. The first-order valence-corrected chi connectivity index (χ1v) is 9.36. The van der Waals surface area contributed by atoms with Crippen molar-refractivity contribution >= 4 is 23.6 Å². The first-order chi connectivity index (χ1) is 12.2. The van der Waals surface area contributed by atoms with Crippen molar-refractivity contribution in [3.63, 3.8) is 0 Å². The number of hydrogen-bond acceptors (Lipinski definition) is 3. The molecule has 1 heterocycles. The number of carbonyl (C=O) groups is 2. The van der Waals surface area contributed by atoms with E-state index in [1.165, 1.54) is 0 Å². The summed E-state index contributed by atoms with van der Waals surface area (Å²) in [5.74, 6) is -0.0298. The molecule has 1 aromatic rings. The van der Waals surface area contributed by atoms with Crippen molar-refractivity contribution in [1.29, 1.82) is 0 Å². The largest absolute Gasteiger partial charge is 0.465 e. The zero-order valence-corrected chi connectivity index (χ0v) is 16.4. The van der Waals surface area contributed by atoms with E-state index in [1.54, 1.807) is 0 Å². The van der Waals surface area contributed by atoms with E-state index in [9.17, 15) is 9.59 Å². The van der Waals surface area contributed by atoms with Gasteiger partial charge in [0.05, 0.1) is 6.04 Å². The molecule has 1 fully saturated rings. The summed E-state index contributed by atoms with van der Waals surface area (Å²) in [5.41, 5.74) is 2.42. The maximum atomic E-state index is 12.3. The summed E-state index contributed by atoms with van der Waals surface area (Å²) in [6.45, 7) is 7.51. The lowest BCUT2D eigenvalue weighted by atomic mass is 9.85. The minimum absolute atomic E-state index is 0.0298. The van der Waals surface area contributed by atoms with Crippen LogP contribution < -0.4 is 16.0 Å². The van der Waals surface area contributed by atoms with Crippen molar-refractivity contribution in [2.24, 2.45) is 0 Å². The lowest BCUT2D eigenvalue weighted by Crippen LogP contribution is -2.46. The van der Waals surface area contributed by atoms with Gasteiger partial charge in [-0.05, 0) is 47.6 Å². The number of nitrogens with one attached hydrogen (secondary N) is 3. The first kappa shape index (κ1) is 20.5. The second-order valence-electron chi connectivity index (χ2n) is 7.73. The first-order valence-electron chi connectivity index (χ1n) is 8.98. The van der Waals surface area contributed by atoms with Crippen molar-refractivity contribution in [2.75, 3.05) is 6.54 Å². The maximum Gasteiger partial charge on any atom is 0.404 e. The Bertz CT molecular complexity index is 665. The Kier molecular flexibility index (Phi) is 6.89. The van der Waals surface area contributed by atoms with Crippen LogP contribution in [-0.4, -0.2) is 29.7 Å². The molecule has 144 valence electrons. The van der Waals surface area contributed by atoms with Gasteiger partial charge in [0.1, 0.15) is 0 Å². The molecule has 6 nitrogen and oxygen atoms in total. The summed E-state index contributed by atoms with van der Waals surface area (Å²) in [7, 11) is 0. The van der Waals surface area contributed by atoms with Crippen LogP contribution in [0.25, 0.3) is 0 Å². The Morgan fingerprint density at radius 3 is 2.42 bits per heavy atom. The van der Waals surface area contributed by atoms with Crippen LogP contribution in [0.3, 0.4) is 0 Å². The third-order valence-corrected chi connectivity index (χ3v) is 4.92. The number of rotatable bonds is 5. The normalized spacial score (nSPS) is 17.6. The fourth-order valence-electron chi connectivity index (χ4n) is 3.12. The molecule has 7 heteroatoms. The third-order valence-electron chi connectivity index (χ3n) is 4.61. The topological polar surface area (TPSA) is 90.5 Å². The van der Waals surface area contributed by atoms with Gasteiger partial charge in [0.2, 0.25) is 5.91 Å². The molecule has 1 saturated heterocycles. The molecule has 1 aliphatic heterocycles. The van der Waals surface area contributed by atoms with E-state index in [0.29, 0.717) is 11.6 Å². The molecule has 4 N–H and O–H groups in total. The molecular formula is C19H28ClN3O3. The molecule has 26 heavy (non-hydrogen) atoms. The van der Waals surface area contributed by atoms with Gasteiger partial charge in [-0.25, -0.2) is 4.79 Å².